The van der Waals surface area contributed by atoms with Gasteiger partial charge in [-0.25, -0.2) is 0 Å². The molecule has 2 aromatic carbocycles. The molecule has 1 atom stereocenters. The molecule has 0 saturated heterocycles. The second kappa shape index (κ2) is 7.38. The molecule has 1 nitrogen and oxygen atoms in total. The van der Waals surface area contributed by atoms with Crippen LogP contribution < -0.4 is 10.4 Å². The number of benzene rings is 2. The maximum Gasteiger partial charge on any atom is 0.262 e. The Morgan fingerprint density at radius 3 is 1.58 bits per heavy atom. The molecule has 2 rings (SSSR count). The van der Waals surface area contributed by atoms with Crippen molar-refractivity contribution in [3.05, 3.63) is 60.7 Å². The Bertz CT molecular complexity index is 638. The highest BCUT2D eigenvalue weighted by atomic mass is 28.4. The van der Waals surface area contributed by atoms with E-state index in [1.54, 1.807) is 0 Å². The molecule has 2 aromatic rings. The predicted octanol–water partition coefficient (Wildman–Crippen LogP) is 4.22. The standard InChI is InChI=1S/C22H28OSi/c1-7-21(18(2)3)23-24(22(4,5)6,19-14-10-8-11-15-19)20-16-12-9-13-17-20/h1,8-18,21H,2-6H3/t21-/m1/s1. The van der Waals surface area contributed by atoms with Crippen LogP contribution in [0, 0.1) is 18.3 Å². The number of terminal acetylenes is 1. The molecule has 0 heterocycles. The van der Waals surface area contributed by atoms with Gasteiger partial charge in [0.1, 0.15) is 6.10 Å². The van der Waals surface area contributed by atoms with E-state index in [1.807, 2.05) is 0 Å². The summed E-state index contributed by atoms with van der Waals surface area (Å²) in [6, 6.07) is 21.2. The first-order chi connectivity index (χ1) is 11.3. The van der Waals surface area contributed by atoms with E-state index in [0.29, 0.717) is 0 Å². The fourth-order valence-electron chi connectivity index (χ4n) is 3.24. The van der Waals surface area contributed by atoms with Crippen molar-refractivity contribution in [3.63, 3.8) is 0 Å². The minimum Gasteiger partial charge on any atom is -0.394 e. The van der Waals surface area contributed by atoms with E-state index in [-0.39, 0.29) is 17.1 Å². The van der Waals surface area contributed by atoms with Crippen LogP contribution in [-0.4, -0.2) is 14.4 Å². The fourth-order valence-corrected chi connectivity index (χ4v) is 7.98. The minimum absolute atomic E-state index is 0.0420. The van der Waals surface area contributed by atoms with Gasteiger partial charge in [-0.1, -0.05) is 101 Å². The van der Waals surface area contributed by atoms with Crippen molar-refractivity contribution in [3.8, 4) is 12.3 Å². The van der Waals surface area contributed by atoms with Gasteiger partial charge in [0, 0.05) is 0 Å². The Labute approximate surface area is 148 Å². The monoisotopic (exact) mass is 336 g/mol. The van der Waals surface area contributed by atoms with Gasteiger partial charge in [-0.05, 0) is 21.3 Å². The van der Waals surface area contributed by atoms with Crippen molar-refractivity contribution in [2.24, 2.45) is 5.92 Å². The molecule has 24 heavy (non-hydrogen) atoms. The molecule has 0 aliphatic rings. The zero-order valence-corrected chi connectivity index (χ0v) is 16.4. The van der Waals surface area contributed by atoms with Gasteiger partial charge in [-0.2, -0.15) is 0 Å². The Morgan fingerprint density at radius 1 is 0.875 bits per heavy atom. The van der Waals surface area contributed by atoms with Crippen LogP contribution in [-0.2, 0) is 4.43 Å². The first-order valence-electron chi connectivity index (χ1n) is 8.58. The maximum absolute atomic E-state index is 6.89. The Kier molecular flexibility index (Phi) is 5.69. The summed E-state index contributed by atoms with van der Waals surface area (Å²) in [4.78, 5) is 0. The van der Waals surface area contributed by atoms with Crippen molar-refractivity contribution in [2.45, 2.75) is 45.8 Å². The predicted molar refractivity (Wildman–Crippen MR) is 106 cm³/mol. The molecule has 0 unspecified atom stereocenters. The molecule has 0 saturated carbocycles. The summed E-state index contributed by atoms with van der Waals surface area (Å²) >= 11 is 0. The van der Waals surface area contributed by atoms with Crippen LogP contribution in [0.15, 0.2) is 60.7 Å². The highest BCUT2D eigenvalue weighted by Gasteiger charge is 2.51. The van der Waals surface area contributed by atoms with Gasteiger partial charge in [0.2, 0.25) is 0 Å². The van der Waals surface area contributed by atoms with Gasteiger partial charge >= 0.3 is 0 Å². The lowest BCUT2D eigenvalue weighted by Gasteiger charge is -2.45. The molecule has 2 heteroatoms. The molecule has 126 valence electrons. The third-order valence-electron chi connectivity index (χ3n) is 4.49. The highest BCUT2D eigenvalue weighted by molar-refractivity contribution is 6.99. The second-order valence-electron chi connectivity index (χ2n) is 7.61. The number of rotatable bonds is 5. The average Bonchev–Trinajstić information content (AvgIpc) is 2.56. The molecule has 0 spiro atoms. The van der Waals surface area contributed by atoms with Crippen molar-refractivity contribution in [2.75, 3.05) is 0 Å². The third-order valence-corrected chi connectivity index (χ3v) is 9.50. The van der Waals surface area contributed by atoms with Crippen LogP contribution >= 0.6 is 0 Å². The van der Waals surface area contributed by atoms with Crippen molar-refractivity contribution in [1.29, 1.82) is 0 Å². The maximum atomic E-state index is 6.89. The van der Waals surface area contributed by atoms with E-state index in [2.05, 4.69) is 101 Å². The topological polar surface area (TPSA) is 9.23 Å². The van der Waals surface area contributed by atoms with E-state index in [0.717, 1.165) is 0 Å². The molecule has 0 amide bonds. The van der Waals surface area contributed by atoms with E-state index >= 15 is 0 Å². The molecular formula is C22H28OSi. The Balaban J connectivity index is 2.73. The Hall–Kier alpha value is -1.82. The lowest BCUT2D eigenvalue weighted by molar-refractivity contribution is 0.193. The second-order valence-corrected chi connectivity index (χ2v) is 11.9. The van der Waals surface area contributed by atoms with Gasteiger partial charge in [0.05, 0.1) is 0 Å². The highest BCUT2D eigenvalue weighted by Crippen LogP contribution is 2.38. The minimum atomic E-state index is -2.54. The summed E-state index contributed by atoms with van der Waals surface area (Å²) in [5, 5.41) is 2.49. The molecule has 0 N–H and O–H groups in total. The lowest BCUT2D eigenvalue weighted by atomic mass is 10.1. The first kappa shape index (κ1) is 18.5. The largest absolute Gasteiger partial charge is 0.394 e. The van der Waals surface area contributed by atoms with Crippen LogP contribution in [0.2, 0.25) is 5.04 Å². The normalized spacial score (nSPS) is 13.5. The van der Waals surface area contributed by atoms with Crippen LogP contribution in [0.4, 0.5) is 0 Å². The molecule has 0 aromatic heterocycles. The summed E-state index contributed by atoms with van der Waals surface area (Å²) in [6.45, 7) is 11.1. The van der Waals surface area contributed by atoms with Gasteiger partial charge in [0.15, 0.2) is 0 Å². The molecule has 0 radical (unpaired) electrons. The smallest absolute Gasteiger partial charge is 0.262 e. The van der Waals surface area contributed by atoms with Crippen LogP contribution in [0.5, 0.6) is 0 Å². The summed E-state index contributed by atoms with van der Waals surface area (Å²) in [5.41, 5.74) is 0. The van der Waals surface area contributed by atoms with Gasteiger partial charge in [-0.15, -0.1) is 6.42 Å². The summed E-state index contributed by atoms with van der Waals surface area (Å²) in [5.74, 6) is 3.16. The first-order valence-corrected chi connectivity index (χ1v) is 10.5. The molecule has 0 bridgehead atoms. The van der Waals surface area contributed by atoms with Crippen LogP contribution in [0.1, 0.15) is 34.6 Å². The van der Waals surface area contributed by atoms with Crippen molar-refractivity contribution < 1.29 is 4.43 Å². The molecule has 0 aliphatic carbocycles. The van der Waals surface area contributed by atoms with E-state index in [1.165, 1.54) is 10.4 Å². The molecule has 0 fully saturated rings. The quantitative estimate of drug-likeness (QED) is 0.587. The van der Waals surface area contributed by atoms with Crippen LogP contribution in [0.25, 0.3) is 0 Å². The van der Waals surface area contributed by atoms with Crippen molar-refractivity contribution >= 4 is 18.7 Å². The van der Waals surface area contributed by atoms with E-state index in [9.17, 15) is 0 Å². The average molecular weight is 337 g/mol. The zero-order chi connectivity index (χ0) is 17.8. The van der Waals surface area contributed by atoms with Gasteiger partial charge < -0.3 is 4.43 Å². The summed E-state index contributed by atoms with van der Waals surface area (Å²) in [6.07, 6.45) is 5.63. The lowest BCUT2D eigenvalue weighted by Crippen LogP contribution is -2.68. The van der Waals surface area contributed by atoms with E-state index in [4.69, 9.17) is 10.8 Å². The third kappa shape index (κ3) is 3.48. The Morgan fingerprint density at radius 2 is 1.29 bits per heavy atom. The zero-order valence-electron chi connectivity index (χ0n) is 15.4. The van der Waals surface area contributed by atoms with Crippen molar-refractivity contribution in [1.82, 2.24) is 0 Å². The van der Waals surface area contributed by atoms with Gasteiger partial charge in [0.25, 0.3) is 8.32 Å². The number of hydrogen-bond donors (Lipinski definition) is 0. The summed E-state index contributed by atoms with van der Waals surface area (Å²) < 4.78 is 6.89. The molecular weight excluding hydrogens is 308 g/mol. The van der Waals surface area contributed by atoms with E-state index < -0.39 is 8.32 Å². The summed E-state index contributed by atoms with van der Waals surface area (Å²) in [7, 11) is -2.54. The fraction of sp³-hybridized carbons (Fsp3) is 0.364. The van der Waals surface area contributed by atoms with Gasteiger partial charge in [-0.3, -0.25) is 0 Å². The SMILES string of the molecule is C#C[C@@H](O[Si](c1ccccc1)(c1ccccc1)C(C)(C)C)C(C)C. The van der Waals surface area contributed by atoms with Crippen LogP contribution in [0.3, 0.4) is 0 Å². The number of hydrogen-bond acceptors (Lipinski definition) is 1. The molecule has 0 aliphatic heterocycles.